The monoisotopic (exact) mass is 294 g/mol. The fourth-order valence-electron chi connectivity index (χ4n) is 2.52. The lowest BCUT2D eigenvalue weighted by atomic mass is 9.88. The number of halogens is 1. The Morgan fingerprint density at radius 3 is 2.48 bits per heavy atom. The number of nitrogens with two attached hydrogens (primary N) is 1. The molecule has 1 saturated heterocycles. The summed E-state index contributed by atoms with van der Waals surface area (Å²) in [6.45, 7) is 5.99. The Morgan fingerprint density at radius 1 is 1.33 bits per heavy atom. The number of hydrogen-bond donors (Lipinski definition) is 1. The van der Waals surface area contributed by atoms with E-state index in [1.54, 1.807) is 32.9 Å². The van der Waals surface area contributed by atoms with Crippen LogP contribution in [0, 0.1) is 0 Å². The zero-order chi connectivity index (χ0) is 15.6. The molecule has 0 aliphatic carbocycles. The van der Waals surface area contributed by atoms with Gasteiger partial charge in [0.15, 0.2) is 0 Å². The van der Waals surface area contributed by atoms with E-state index in [0.717, 1.165) is 5.56 Å². The van der Waals surface area contributed by atoms with Crippen LogP contribution < -0.4 is 5.73 Å². The van der Waals surface area contributed by atoms with E-state index in [4.69, 9.17) is 10.5 Å². The number of nitrogens with zero attached hydrogens (tertiary/aromatic N) is 1. The van der Waals surface area contributed by atoms with Crippen molar-refractivity contribution in [3.63, 3.8) is 0 Å². The highest BCUT2D eigenvalue weighted by Crippen LogP contribution is 2.31. The molecule has 0 radical (unpaired) electrons. The highest BCUT2D eigenvalue weighted by atomic mass is 19.1. The molecule has 2 unspecified atom stereocenters. The van der Waals surface area contributed by atoms with Gasteiger partial charge in [0.25, 0.3) is 0 Å². The molecule has 1 aromatic carbocycles. The number of hydrogen-bond acceptors (Lipinski definition) is 3. The van der Waals surface area contributed by atoms with E-state index >= 15 is 0 Å². The molecule has 21 heavy (non-hydrogen) atoms. The predicted octanol–water partition coefficient (Wildman–Crippen LogP) is 3.33. The largest absolute Gasteiger partial charge is 0.444 e. The van der Waals surface area contributed by atoms with Crippen LogP contribution in [-0.4, -0.2) is 35.9 Å². The molecule has 1 aromatic rings. The summed E-state index contributed by atoms with van der Waals surface area (Å²) >= 11 is 0. The maximum absolute atomic E-state index is 14.4. The maximum atomic E-state index is 14.4. The molecule has 2 atom stereocenters. The molecule has 5 heteroatoms. The molecular formula is C16H23FN2O2. The minimum Gasteiger partial charge on any atom is -0.444 e. The van der Waals surface area contributed by atoms with Crippen molar-refractivity contribution in [2.75, 3.05) is 18.8 Å². The molecule has 1 heterocycles. The minimum absolute atomic E-state index is 0.0734. The zero-order valence-corrected chi connectivity index (χ0v) is 12.8. The second-order valence-electron chi connectivity index (χ2n) is 6.50. The summed E-state index contributed by atoms with van der Waals surface area (Å²) in [5.41, 5.74) is 6.69. The van der Waals surface area contributed by atoms with E-state index in [-0.39, 0.29) is 12.5 Å². The Labute approximate surface area is 125 Å². The lowest BCUT2D eigenvalue weighted by Crippen LogP contribution is -2.46. The lowest BCUT2D eigenvalue weighted by molar-refractivity contribution is 0.0111. The number of anilines is 1. The molecular weight excluding hydrogens is 271 g/mol. The van der Waals surface area contributed by atoms with E-state index in [9.17, 15) is 9.18 Å². The Kier molecular flexibility index (Phi) is 4.40. The average Bonchev–Trinajstić information content (AvgIpc) is 2.38. The molecule has 4 nitrogen and oxygen atoms in total. The van der Waals surface area contributed by atoms with Gasteiger partial charge in [-0.1, -0.05) is 12.1 Å². The van der Waals surface area contributed by atoms with Gasteiger partial charge in [0.05, 0.1) is 6.54 Å². The average molecular weight is 294 g/mol. The fourth-order valence-corrected chi connectivity index (χ4v) is 2.52. The fraction of sp³-hybridized carbons (Fsp3) is 0.562. The second kappa shape index (κ2) is 5.92. The smallest absolute Gasteiger partial charge is 0.410 e. The van der Waals surface area contributed by atoms with E-state index < -0.39 is 17.9 Å². The van der Waals surface area contributed by atoms with Gasteiger partial charge in [0.1, 0.15) is 11.8 Å². The SMILES string of the molecule is CC(C)(C)OC(=O)N1CCC(c2ccc(N)cc2)C(F)C1. The number of ether oxygens (including phenoxy) is 1. The van der Waals surface area contributed by atoms with Gasteiger partial charge in [0.2, 0.25) is 0 Å². The summed E-state index contributed by atoms with van der Waals surface area (Å²) in [6, 6.07) is 7.27. The predicted molar refractivity (Wildman–Crippen MR) is 80.9 cm³/mol. The molecule has 0 spiro atoms. The van der Waals surface area contributed by atoms with Crippen LogP contribution in [0.3, 0.4) is 0 Å². The molecule has 1 fully saturated rings. The summed E-state index contributed by atoms with van der Waals surface area (Å²) in [4.78, 5) is 13.4. The number of benzene rings is 1. The van der Waals surface area contributed by atoms with Crippen LogP contribution in [0.2, 0.25) is 0 Å². The van der Waals surface area contributed by atoms with Gasteiger partial charge in [0, 0.05) is 18.2 Å². The van der Waals surface area contributed by atoms with Gasteiger partial charge in [-0.15, -0.1) is 0 Å². The minimum atomic E-state index is -1.09. The first-order chi connectivity index (χ1) is 9.76. The Hall–Kier alpha value is -1.78. The summed E-state index contributed by atoms with van der Waals surface area (Å²) < 4.78 is 19.7. The lowest BCUT2D eigenvalue weighted by Gasteiger charge is -2.35. The zero-order valence-electron chi connectivity index (χ0n) is 12.8. The van der Waals surface area contributed by atoms with Crippen LogP contribution in [0.25, 0.3) is 0 Å². The molecule has 1 aliphatic heterocycles. The first-order valence-corrected chi connectivity index (χ1v) is 7.24. The number of carbonyl (C=O) groups is 1. The molecule has 0 bridgehead atoms. The van der Waals surface area contributed by atoms with Crippen molar-refractivity contribution in [1.29, 1.82) is 0 Å². The number of carbonyl (C=O) groups excluding carboxylic acids is 1. The van der Waals surface area contributed by atoms with Gasteiger partial charge >= 0.3 is 6.09 Å². The van der Waals surface area contributed by atoms with Gasteiger partial charge in [-0.2, -0.15) is 0 Å². The highest BCUT2D eigenvalue weighted by Gasteiger charge is 2.34. The summed E-state index contributed by atoms with van der Waals surface area (Å²) in [6.07, 6.45) is -0.944. The van der Waals surface area contributed by atoms with E-state index in [1.807, 2.05) is 12.1 Å². The highest BCUT2D eigenvalue weighted by molar-refractivity contribution is 5.68. The van der Waals surface area contributed by atoms with Crippen LogP contribution in [0.4, 0.5) is 14.9 Å². The van der Waals surface area contributed by atoms with Gasteiger partial charge in [-0.25, -0.2) is 9.18 Å². The number of amides is 1. The van der Waals surface area contributed by atoms with Crippen LogP contribution in [0.15, 0.2) is 24.3 Å². The van der Waals surface area contributed by atoms with Crippen LogP contribution in [-0.2, 0) is 4.74 Å². The van der Waals surface area contributed by atoms with Crippen molar-refractivity contribution in [2.45, 2.75) is 44.9 Å². The molecule has 0 aromatic heterocycles. The number of nitrogen functional groups attached to an aromatic ring is 1. The van der Waals surface area contributed by atoms with Crippen molar-refractivity contribution in [3.8, 4) is 0 Å². The van der Waals surface area contributed by atoms with Gasteiger partial charge in [-0.3, -0.25) is 0 Å². The van der Waals surface area contributed by atoms with E-state index in [2.05, 4.69) is 0 Å². The maximum Gasteiger partial charge on any atom is 0.410 e. The quantitative estimate of drug-likeness (QED) is 0.808. The Balaban J connectivity index is 1.99. The first kappa shape index (κ1) is 15.6. The van der Waals surface area contributed by atoms with Gasteiger partial charge < -0.3 is 15.4 Å². The number of piperidine rings is 1. The summed E-state index contributed by atoms with van der Waals surface area (Å²) in [7, 11) is 0. The van der Waals surface area contributed by atoms with Crippen molar-refractivity contribution in [3.05, 3.63) is 29.8 Å². The topological polar surface area (TPSA) is 55.6 Å². The third-order valence-corrected chi connectivity index (χ3v) is 3.56. The molecule has 116 valence electrons. The molecule has 1 amide bonds. The first-order valence-electron chi connectivity index (χ1n) is 7.24. The summed E-state index contributed by atoms with van der Waals surface area (Å²) in [5, 5.41) is 0. The van der Waals surface area contributed by atoms with Gasteiger partial charge in [-0.05, 0) is 44.9 Å². The second-order valence-corrected chi connectivity index (χ2v) is 6.50. The Bertz CT molecular complexity index is 496. The van der Waals surface area contributed by atoms with E-state index in [0.29, 0.717) is 18.7 Å². The standard InChI is InChI=1S/C16H23FN2O2/c1-16(2,3)21-15(20)19-9-8-13(14(17)10-19)11-4-6-12(18)7-5-11/h4-7,13-14H,8-10,18H2,1-3H3. The number of likely N-dealkylation sites (tertiary alicyclic amines) is 1. The number of alkyl halides is 1. The number of rotatable bonds is 1. The van der Waals surface area contributed by atoms with E-state index in [1.165, 1.54) is 4.90 Å². The third kappa shape index (κ3) is 4.09. The van der Waals surface area contributed by atoms with Crippen molar-refractivity contribution < 1.29 is 13.9 Å². The van der Waals surface area contributed by atoms with Crippen LogP contribution in [0.1, 0.15) is 38.7 Å². The van der Waals surface area contributed by atoms with Crippen LogP contribution >= 0.6 is 0 Å². The van der Waals surface area contributed by atoms with Crippen molar-refractivity contribution in [1.82, 2.24) is 4.90 Å². The van der Waals surface area contributed by atoms with Crippen molar-refractivity contribution in [2.24, 2.45) is 0 Å². The molecule has 2 N–H and O–H groups in total. The Morgan fingerprint density at radius 2 is 1.95 bits per heavy atom. The van der Waals surface area contributed by atoms with Crippen LogP contribution in [0.5, 0.6) is 0 Å². The third-order valence-electron chi connectivity index (χ3n) is 3.56. The summed E-state index contributed by atoms with van der Waals surface area (Å²) in [5.74, 6) is -0.190. The molecule has 2 rings (SSSR count). The van der Waals surface area contributed by atoms with Crippen molar-refractivity contribution >= 4 is 11.8 Å². The molecule has 0 saturated carbocycles. The molecule has 1 aliphatic rings. The normalized spacial score (nSPS) is 23.0.